The molecule has 23 heavy (non-hydrogen) atoms. The molecular weight excluding hydrogens is 288 g/mol. The number of carbonyl (C=O) groups is 1. The van der Waals surface area contributed by atoms with Crippen molar-refractivity contribution in [2.24, 2.45) is 0 Å². The molecule has 2 rings (SSSR count). The van der Waals surface area contributed by atoms with Crippen LogP contribution in [0, 0.1) is 0 Å². The van der Waals surface area contributed by atoms with Crippen molar-refractivity contribution in [1.29, 1.82) is 0 Å². The number of Topliss-reactive ketones (excluding diaryl/α,β-unsaturated/α-hetero) is 1. The van der Waals surface area contributed by atoms with Gasteiger partial charge in [0.1, 0.15) is 11.5 Å². The standard InChI is InChI=1S/C20H24O3/c1-3-12-22-18-10-11-20(23-13-4-2)17(14-18)15-19(21)16-8-6-5-7-9-16/h5-11,14H,3-4,12-13,15H2,1-2H3. The summed E-state index contributed by atoms with van der Waals surface area (Å²) in [6, 6.07) is 15.1. The van der Waals surface area contributed by atoms with E-state index >= 15 is 0 Å². The number of benzene rings is 2. The molecule has 0 aliphatic heterocycles. The molecular formula is C20H24O3. The van der Waals surface area contributed by atoms with E-state index in [-0.39, 0.29) is 5.78 Å². The Balaban J connectivity index is 2.19. The Morgan fingerprint density at radius 1 is 0.913 bits per heavy atom. The Labute approximate surface area is 138 Å². The normalized spacial score (nSPS) is 10.3. The van der Waals surface area contributed by atoms with Gasteiger partial charge in [-0.2, -0.15) is 0 Å². The van der Waals surface area contributed by atoms with Crippen LogP contribution >= 0.6 is 0 Å². The lowest BCUT2D eigenvalue weighted by molar-refractivity contribution is 0.0991. The SMILES string of the molecule is CCCOc1ccc(OCCC)c(CC(=O)c2ccccc2)c1. The van der Waals surface area contributed by atoms with E-state index in [1.54, 1.807) is 0 Å². The molecule has 0 atom stereocenters. The average molecular weight is 312 g/mol. The van der Waals surface area contributed by atoms with E-state index in [0.717, 1.165) is 29.9 Å². The van der Waals surface area contributed by atoms with Crippen LogP contribution in [0.2, 0.25) is 0 Å². The molecule has 0 aliphatic rings. The molecule has 0 saturated heterocycles. The second-order valence-electron chi connectivity index (χ2n) is 5.43. The van der Waals surface area contributed by atoms with Gasteiger partial charge in [-0.1, -0.05) is 44.2 Å². The highest BCUT2D eigenvalue weighted by Crippen LogP contribution is 2.26. The van der Waals surface area contributed by atoms with Gasteiger partial charge in [0.2, 0.25) is 0 Å². The van der Waals surface area contributed by atoms with Crippen molar-refractivity contribution in [3.05, 3.63) is 59.7 Å². The highest BCUT2D eigenvalue weighted by atomic mass is 16.5. The Morgan fingerprint density at radius 2 is 1.61 bits per heavy atom. The number of ketones is 1. The fourth-order valence-corrected chi connectivity index (χ4v) is 2.26. The zero-order chi connectivity index (χ0) is 16.5. The molecule has 0 spiro atoms. The second kappa shape index (κ2) is 8.99. The second-order valence-corrected chi connectivity index (χ2v) is 5.43. The predicted octanol–water partition coefficient (Wildman–Crippen LogP) is 4.69. The van der Waals surface area contributed by atoms with Gasteiger partial charge in [-0.25, -0.2) is 0 Å². The number of rotatable bonds is 9. The molecule has 3 heteroatoms. The molecule has 0 unspecified atom stereocenters. The minimum atomic E-state index is 0.0830. The molecule has 2 aromatic rings. The fraction of sp³-hybridized carbons (Fsp3) is 0.350. The van der Waals surface area contributed by atoms with Crippen molar-refractivity contribution in [3.8, 4) is 11.5 Å². The van der Waals surface area contributed by atoms with E-state index in [1.165, 1.54) is 0 Å². The van der Waals surface area contributed by atoms with Crippen LogP contribution in [0.25, 0.3) is 0 Å². The molecule has 0 fully saturated rings. The van der Waals surface area contributed by atoms with E-state index in [4.69, 9.17) is 9.47 Å². The lowest BCUT2D eigenvalue weighted by Gasteiger charge is -2.13. The summed E-state index contributed by atoms with van der Waals surface area (Å²) in [5.41, 5.74) is 1.59. The lowest BCUT2D eigenvalue weighted by Crippen LogP contribution is -2.07. The van der Waals surface area contributed by atoms with Crippen LogP contribution in [-0.4, -0.2) is 19.0 Å². The summed E-state index contributed by atoms with van der Waals surface area (Å²) >= 11 is 0. The Morgan fingerprint density at radius 3 is 2.30 bits per heavy atom. The summed E-state index contributed by atoms with van der Waals surface area (Å²) in [5, 5.41) is 0. The third-order valence-corrected chi connectivity index (χ3v) is 3.41. The molecule has 0 heterocycles. The maximum Gasteiger partial charge on any atom is 0.167 e. The zero-order valence-electron chi connectivity index (χ0n) is 13.9. The summed E-state index contributed by atoms with van der Waals surface area (Å²) in [4.78, 5) is 12.5. The van der Waals surface area contributed by atoms with Gasteiger partial charge in [-0.05, 0) is 31.0 Å². The van der Waals surface area contributed by atoms with Crippen LogP contribution in [0.15, 0.2) is 48.5 Å². The van der Waals surface area contributed by atoms with Crippen molar-refractivity contribution in [1.82, 2.24) is 0 Å². The van der Waals surface area contributed by atoms with Crippen LogP contribution in [0.5, 0.6) is 11.5 Å². The van der Waals surface area contributed by atoms with E-state index < -0.39 is 0 Å². The fourth-order valence-electron chi connectivity index (χ4n) is 2.26. The van der Waals surface area contributed by atoms with Crippen molar-refractivity contribution < 1.29 is 14.3 Å². The van der Waals surface area contributed by atoms with Gasteiger partial charge in [0.05, 0.1) is 13.2 Å². The number of hydrogen-bond acceptors (Lipinski definition) is 3. The summed E-state index contributed by atoms with van der Waals surface area (Å²) in [5.74, 6) is 1.63. The van der Waals surface area contributed by atoms with E-state index in [2.05, 4.69) is 13.8 Å². The molecule has 0 aliphatic carbocycles. The first-order chi connectivity index (χ1) is 11.2. The minimum absolute atomic E-state index is 0.0830. The predicted molar refractivity (Wildman–Crippen MR) is 92.5 cm³/mol. The van der Waals surface area contributed by atoms with Crippen LogP contribution in [0.3, 0.4) is 0 Å². The van der Waals surface area contributed by atoms with Crippen molar-refractivity contribution in [2.75, 3.05) is 13.2 Å². The first-order valence-electron chi connectivity index (χ1n) is 8.21. The first-order valence-corrected chi connectivity index (χ1v) is 8.21. The Bertz CT molecular complexity index is 620. The van der Waals surface area contributed by atoms with Crippen molar-refractivity contribution in [3.63, 3.8) is 0 Å². The molecule has 122 valence electrons. The van der Waals surface area contributed by atoms with Gasteiger partial charge < -0.3 is 9.47 Å². The van der Waals surface area contributed by atoms with Gasteiger partial charge in [-0.3, -0.25) is 4.79 Å². The van der Waals surface area contributed by atoms with Crippen LogP contribution < -0.4 is 9.47 Å². The topological polar surface area (TPSA) is 35.5 Å². The van der Waals surface area contributed by atoms with Crippen LogP contribution in [-0.2, 0) is 6.42 Å². The van der Waals surface area contributed by atoms with E-state index in [9.17, 15) is 4.79 Å². The monoisotopic (exact) mass is 312 g/mol. The molecule has 0 aromatic heterocycles. The van der Waals surface area contributed by atoms with Crippen LogP contribution in [0.1, 0.15) is 42.6 Å². The summed E-state index contributed by atoms with van der Waals surface area (Å²) < 4.78 is 11.5. The maximum absolute atomic E-state index is 12.5. The highest BCUT2D eigenvalue weighted by Gasteiger charge is 2.12. The minimum Gasteiger partial charge on any atom is -0.494 e. The third kappa shape index (κ3) is 5.13. The summed E-state index contributed by atoms with van der Waals surface area (Å²) in [7, 11) is 0. The smallest absolute Gasteiger partial charge is 0.167 e. The molecule has 0 bridgehead atoms. The molecule has 0 saturated carbocycles. The molecule has 0 amide bonds. The number of ether oxygens (including phenoxy) is 2. The summed E-state index contributed by atoms with van der Waals surface area (Å²) in [6.07, 6.45) is 2.19. The van der Waals surface area contributed by atoms with E-state index in [1.807, 2.05) is 48.5 Å². The lowest BCUT2D eigenvalue weighted by atomic mass is 10.0. The van der Waals surface area contributed by atoms with Gasteiger partial charge in [0.15, 0.2) is 5.78 Å². The maximum atomic E-state index is 12.5. The quantitative estimate of drug-likeness (QED) is 0.630. The van der Waals surface area contributed by atoms with Crippen molar-refractivity contribution >= 4 is 5.78 Å². The van der Waals surface area contributed by atoms with E-state index in [0.29, 0.717) is 25.2 Å². The highest BCUT2D eigenvalue weighted by molar-refractivity contribution is 5.97. The largest absolute Gasteiger partial charge is 0.494 e. The number of carbonyl (C=O) groups excluding carboxylic acids is 1. The first kappa shape index (κ1) is 17.1. The van der Waals surface area contributed by atoms with Crippen LogP contribution in [0.4, 0.5) is 0 Å². The molecule has 0 N–H and O–H groups in total. The third-order valence-electron chi connectivity index (χ3n) is 3.41. The number of hydrogen-bond donors (Lipinski definition) is 0. The van der Waals surface area contributed by atoms with Crippen molar-refractivity contribution in [2.45, 2.75) is 33.1 Å². The Hall–Kier alpha value is -2.29. The van der Waals surface area contributed by atoms with Gasteiger partial charge in [0.25, 0.3) is 0 Å². The molecule has 2 aromatic carbocycles. The average Bonchev–Trinajstić information content (AvgIpc) is 2.60. The summed E-state index contributed by atoms with van der Waals surface area (Å²) in [6.45, 7) is 5.44. The van der Waals surface area contributed by atoms with Gasteiger partial charge >= 0.3 is 0 Å². The molecule has 3 nitrogen and oxygen atoms in total. The zero-order valence-corrected chi connectivity index (χ0v) is 13.9. The Kier molecular flexibility index (Phi) is 6.67. The van der Waals surface area contributed by atoms with Gasteiger partial charge in [0, 0.05) is 17.5 Å². The van der Waals surface area contributed by atoms with Gasteiger partial charge in [-0.15, -0.1) is 0 Å². The molecule has 0 radical (unpaired) electrons.